The summed E-state index contributed by atoms with van der Waals surface area (Å²) in [7, 11) is -3.84. The second-order valence-electron chi connectivity index (χ2n) is 7.12. The molecule has 1 N–H and O–H groups in total. The highest BCUT2D eigenvalue weighted by molar-refractivity contribution is 7.92. The Morgan fingerprint density at radius 3 is 2.37 bits per heavy atom. The van der Waals surface area contributed by atoms with Crippen LogP contribution in [0.2, 0.25) is 0 Å². The summed E-state index contributed by atoms with van der Waals surface area (Å²) in [4.78, 5) is 0.236. The summed E-state index contributed by atoms with van der Waals surface area (Å²) in [5.41, 5.74) is 3.82. The first-order chi connectivity index (χ1) is 12.8. The van der Waals surface area contributed by atoms with Crippen LogP contribution >= 0.6 is 0 Å². The van der Waals surface area contributed by atoms with Gasteiger partial charge in [0.1, 0.15) is 0 Å². The van der Waals surface area contributed by atoms with E-state index < -0.39 is 10.0 Å². The Morgan fingerprint density at radius 1 is 1.07 bits per heavy atom. The van der Waals surface area contributed by atoms with E-state index in [2.05, 4.69) is 23.7 Å². The molecule has 5 nitrogen and oxygen atoms in total. The Balaban J connectivity index is 2.11. The molecule has 1 aromatic heterocycles. The second kappa shape index (κ2) is 7.56. The molecule has 0 amide bonds. The molecule has 0 aliphatic heterocycles. The molecule has 0 atom stereocenters. The van der Waals surface area contributed by atoms with Crippen molar-refractivity contribution in [2.45, 2.75) is 39.0 Å². The number of sulfonamides is 1. The lowest BCUT2D eigenvalue weighted by molar-refractivity contribution is 0.430. The van der Waals surface area contributed by atoms with E-state index in [0.717, 1.165) is 17.5 Å². The van der Waals surface area contributed by atoms with Crippen LogP contribution in [-0.4, -0.2) is 13.6 Å². The van der Waals surface area contributed by atoms with Crippen molar-refractivity contribution in [3.63, 3.8) is 0 Å². The van der Waals surface area contributed by atoms with Crippen molar-refractivity contribution < 1.29 is 12.9 Å². The zero-order valence-corrected chi connectivity index (χ0v) is 16.8. The van der Waals surface area contributed by atoms with Crippen molar-refractivity contribution in [2.75, 3.05) is 4.72 Å². The van der Waals surface area contributed by atoms with Crippen LogP contribution in [0.25, 0.3) is 11.1 Å². The Bertz CT molecular complexity index is 1040. The number of hydrogen-bond acceptors (Lipinski definition) is 4. The number of nitrogens with zero attached hydrogens (tertiary/aromatic N) is 1. The van der Waals surface area contributed by atoms with Gasteiger partial charge in [-0.1, -0.05) is 61.5 Å². The molecule has 6 heteroatoms. The number of hydrogen-bond donors (Lipinski definition) is 1. The molecule has 0 saturated carbocycles. The van der Waals surface area contributed by atoms with Crippen LogP contribution in [0.1, 0.15) is 30.7 Å². The van der Waals surface area contributed by atoms with E-state index in [9.17, 15) is 8.42 Å². The van der Waals surface area contributed by atoms with Crippen molar-refractivity contribution in [2.24, 2.45) is 5.92 Å². The Hall–Kier alpha value is -2.60. The van der Waals surface area contributed by atoms with Gasteiger partial charge in [0, 0.05) is 11.1 Å². The number of benzene rings is 2. The first-order valence-corrected chi connectivity index (χ1v) is 10.4. The van der Waals surface area contributed by atoms with Crippen LogP contribution < -0.4 is 4.72 Å². The monoisotopic (exact) mass is 384 g/mol. The quantitative estimate of drug-likeness (QED) is 0.652. The number of rotatable bonds is 6. The summed E-state index contributed by atoms with van der Waals surface area (Å²) in [6.45, 7) is 7.77. The predicted molar refractivity (Wildman–Crippen MR) is 107 cm³/mol. The van der Waals surface area contributed by atoms with E-state index >= 15 is 0 Å². The largest absolute Gasteiger partial charge is 0.337 e. The van der Waals surface area contributed by atoms with Crippen molar-refractivity contribution in [3.05, 3.63) is 65.4 Å². The second-order valence-corrected chi connectivity index (χ2v) is 8.77. The van der Waals surface area contributed by atoms with Crippen molar-refractivity contribution in [1.82, 2.24) is 5.16 Å². The molecular formula is C21H24N2O3S. The van der Waals surface area contributed by atoms with E-state index in [1.165, 1.54) is 0 Å². The number of nitrogens with one attached hydrogen (secondary N) is 1. The molecule has 3 rings (SSSR count). The SMILES string of the molecule is Cc1noc(NS(=O)(=O)c2cc(CC(C)C)ccc2-c2ccccc2)c1C. The fourth-order valence-electron chi connectivity index (χ4n) is 2.93. The third kappa shape index (κ3) is 4.22. The molecule has 0 unspecified atom stereocenters. The normalized spacial score (nSPS) is 11.7. The summed E-state index contributed by atoms with van der Waals surface area (Å²) in [6, 6.07) is 15.1. The molecule has 0 fully saturated rings. The van der Waals surface area contributed by atoms with E-state index in [1.54, 1.807) is 19.9 Å². The first kappa shape index (κ1) is 19.2. The Kier molecular flexibility index (Phi) is 5.37. The smallest absolute Gasteiger partial charge is 0.264 e. The lowest BCUT2D eigenvalue weighted by atomic mass is 9.99. The first-order valence-electron chi connectivity index (χ1n) is 8.92. The maximum Gasteiger partial charge on any atom is 0.264 e. The maximum atomic E-state index is 13.2. The molecule has 1 heterocycles. The highest BCUT2D eigenvalue weighted by Crippen LogP contribution is 2.31. The van der Waals surface area contributed by atoms with Gasteiger partial charge < -0.3 is 4.52 Å². The standard InChI is InChI=1S/C21H24N2O3S/c1-14(2)12-17-10-11-19(18-8-6-5-7-9-18)20(13-17)27(24,25)23-21-15(3)16(4)22-26-21/h5-11,13-14,23H,12H2,1-4H3. The van der Waals surface area contributed by atoms with Crippen LogP contribution in [0.15, 0.2) is 57.9 Å². The minimum atomic E-state index is -3.84. The van der Waals surface area contributed by atoms with Gasteiger partial charge in [0.15, 0.2) is 0 Å². The van der Waals surface area contributed by atoms with Gasteiger partial charge in [0.05, 0.1) is 10.6 Å². The van der Waals surface area contributed by atoms with Crippen LogP contribution in [0.4, 0.5) is 5.88 Å². The predicted octanol–water partition coefficient (Wildman–Crippen LogP) is 4.96. The molecule has 27 heavy (non-hydrogen) atoms. The van der Waals surface area contributed by atoms with Crippen molar-refractivity contribution in [1.29, 1.82) is 0 Å². The lowest BCUT2D eigenvalue weighted by Crippen LogP contribution is -2.15. The zero-order valence-electron chi connectivity index (χ0n) is 16.0. The Labute approximate surface area is 160 Å². The molecule has 2 aromatic carbocycles. The van der Waals surface area contributed by atoms with Crippen LogP contribution in [0, 0.1) is 19.8 Å². The zero-order chi connectivity index (χ0) is 19.6. The average Bonchev–Trinajstić information content (AvgIpc) is 2.93. The fourth-order valence-corrected chi connectivity index (χ4v) is 4.26. The van der Waals surface area contributed by atoms with Crippen LogP contribution in [-0.2, 0) is 16.4 Å². The topological polar surface area (TPSA) is 72.2 Å². The van der Waals surface area contributed by atoms with Gasteiger partial charge in [-0.05, 0) is 43.4 Å². The van der Waals surface area contributed by atoms with E-state index in [-0.39, 0.29) is 10.8 Å². The maximum absolute atomic E-state index is 13.2. The van der Waals surface area contributed by atoms with Crippen LogP contribution in [0.5, 0.6) is 0 Å². The van der Waals surface area contributed by atoms with Gasteiger partial charge >= 0.3 is 0 Å². The molecule has 0 bridgehead atoms. The van der Waals surface area contributed by atoms with E-state index in [0.29, 0.717) is 22.7 Å². The van der Waals surface area contributed by atoms with Gasteiger partial charge in [-0.15, -0.1) is 0 Å². The highest BCUT2D eigenvalue weighted by atomic mass is 32.2. The van der Waals surface area contributed by atoms with Crippen molar-refractivity contribution >= 4 is 15.9 Å². The summed E-state index contributed by atoms with van der Waals surface area (Å²) in [5.74, 6) is 0.580. The Morgan fingerprint density at radius 2 is 1.78 bits per heavy atom. The fraction of sp³-hybridized carbons (Fsp3) is 0.286. The highest BCUT2D eigenvalue weighted by Gasteiger charge is 2.23. The summed E-state index contributed by atoms with van der Waals surface area (Å²) >= 11 is 0. The minimum absolute atomic E-state index is 0.153. The summed E-state index contributed by atoms with van der Waals surface area (Å²) in [5, 5.41) is 3.83. The number of aryl methyl sites for hydroxylation is 1. The van der Waals surface area contributed by atoms with E-state index in [1.807, 2.05) is 42.5 Å². The number of aromatic nitrogens is 1. The molecule has 0 aliphatic rings. The molecular weight excluding hydrogens is 360 g/mol. The molecule has 142 valence electrons. The molecule has 0 spiro atoms. The third-order valence-electron chi connectivity index (χ3n) is 4.45. The van der Waals surface area contributed by atoms with E-state index in [4.69, 9.17) is 4.52 Å². The third-order valence-corrected chi connectivity index (χ3v) is 5.82. The summed E-state index contributed by atoms with van der Waals surface area (Å²) < 4.78 is 34.1. The molecule has 3 aromatic rings. The van der Waals surface area contributed by atoms with Gasteiger partial charge in [0.2, 0.25) is 5.88 Å². The summed E-state index contributed by atoms with van der Waals surface area (Å²) in [6.07, 6.45) is 0.804. The molecule has 0 saturated heterocycles. The molecule has 0 aliphatic carbocycles. The van der Waals surface area contributed by atoms with Gasteiger partial charge in [-0.3, -0.25) is 0 Å². The van der Waals surface area contributed by atoms with Gasteiger partial charge in [-0.2, -0.15) is 0 Å². The van der Waals surface area contributed by atoms with Crippen LogP contribution in [0.3, 0.4) is 0 Å². The van der Waals surface area contributed by atoms with Gasteiger partial charge in [0.25, 0.3) is 10.0 Å². The minimum Gasteiger partial charge on any atom is -0.337 e. The average molecular weight is 385 g/mol. The molecule has 0 radical (unpaired) electrons. The van der Waals surface area contributed by atoms with Gasteiger partial charge in [-0.25, -0.2) is 13.1 Å². The number of anilines is 1. The lowest BCUT2D eigenvalue weighted by Gasteiger charge is -2.14. The van der Waals surface area contributed by atoms with Crippen molar-refractivity contribution in [3.8, 4) is 11.1 Å².